The molecule has 1 aromatic carbocycles. The molecule has 20 heavy (non-hydrogen) atoms. The Morgan fingerprint density at radius 3 is 2.60 bits per heavy atom. The highest BCUT2D eigenvalue weighted by atomic mass is 19.3. The molecule has 6 heteroatoms. The van der Waals surface area contributed by atoms with Crippen molar-refractivity contribution >= 4 is 5.91 Å². The van der Waals surface area contributed by atoms with Crippen LogP contribution in [0.5, 0.6) is 5.75 Å². The normalized spacial score (nSPS) is 22.0. The van der Waals surface area contributed by atoms with Gasteiger partial charge in [0.15, 0.2) is 0 Å². The van der Waals surface area contributed by atoms with Gasteiger partial charge in [0, 0.05) is 18.2 Å². The third-order valence-corrected chi connectivity index (χ3v) is 3.58. The average Bonchev–Trinajstić information content (AvgIpc) is 2.82. The molecule has 0 aliphatic heterocycles. The molecule has 1 saturated carbocycles. The van der Waals surface area contributed by atoms with E-state index in [1.165, 1.54) is 24.3 Å². The Morgan fingerprint density at radius 1 is 1.35 bits per heavy atom. The Labute approximate surface area is 116 Å². The predicted octanol–water partition coefficient (Wildman–Crippen LogP) is 2.15. The molecule has 4 nitrogen and oxygen atoms in total. The van der Waals surface area contributed by atoms with Gasteiger partial charge in [-0.15, -0.1) is 0 Å². The maximum atomic E-state index is 12.0. The lowest BCUT2D eigenvalue weighted by Gasteiger charge is -2.16. The Bertz CT molecular complexity index is 451. The number of hydrogen-bond acceptors (Lipinski definition) is 3. The molecule has 0 bridgehead atoms. The van der Waals surface area contributed by atoms with E-state index in [4.69, 9.17) is 5.73 Å². The molecule has 2 rings (SSSR count). The molecule has 1 aliphatic carbocycles. The van der Waals surface area contributed by atoms with Crippen molar-refractivity contribution in [1.29, 1.82) is 0 Å². The third-order valence-electron chi connectivity index (χ3n) is 3.58. The quantitative estimate of drug-likeness (QED) is 0.870. The zero-order valence-corrected chi connectivity index (χ0v) is 11.0. The molecule has 2 atom stereocenters. The number of amides is 1. The van der Waals surface area contributed by atoms with Crippen LogP contribution in [0.3, 0.4) is 0 Å². The minimum Gasteiger partial charge on any atom is -0.435 e. The van der Waals surface area contributed by atoms with Gasteiger partial charge in [-0.1, -0.05) is 6.42 Å². The van der Waals surface area contributed by atoms with E-state index in [1.807, 2.05) is 0 Å². The fraction of sp³-hybridized carbons (Fsp3) is 0.500. The number of hydrogen-bond donors (Lipinski definition) is 2. The molecule has 1 fully saturated rings. The van der Waals surface area contributed by atoms with E-state index in [1.54, 1.807) is 0 Å². The summed E-state index contributed by atoms with van der Waals surface area (Å²) in [5.41, 5.74) is 6.35. The smallest absolute Gasteiger partial charge is 0.387 e. The van der Waals surface area contributed by atoms with Gasteiger partial charge in [-0.25, -0.2) is 0 Å². The molecule has 1 aromatic rings. The Balaban J connectivity index is 1.85. The van der Waals surface area contributed by atoms with E-state index in [-0.39, 0.29) is 17.7 Å². The van der Waals surface area contributed by atoms with E-state index < -0.39 is 6.61 Å². The lowest BCUT2D eigenvalue weighted by atomic mass is 10.0. The van der Waals surface area contributed by atoms with E-state index in [0.717, 1.165) is 19.3 Å². The number of benzene rings is 1. The molecular weight excluding hydrogens is 266 g/mol. The van der Waals surface area contributed by atoms with Crippen LogP contribution in [-0.2, 0) is 0 Å². The molecule has 110 valence electrons. The highest BCUT2D eigenvalue weighted by molar-refractivity contribution is 5.94. The van der Waals surface area contributed by atoms with Crippen LogP contribution < -0.4 is 15.8 Å². The largest absolute Gasteiger partial charge is 0.435 e. The second-order valence-corrected chi connectivity index (χ2v) is 4.97. The Morgan fingerprint density at radius 2 is 2.05 bits per heavy atom. The summed E-state index contributed by atoms with van der Waals surface area (Å²) in [6.07, 6.45) is 3.13. The van der Waals surface area contributed by atoms with Crippen LogP contribution in [0.4, 0.5) is 8.78 Å². The molecule has 3 N–H and O–H groups in total. The summed E-state index contributed by atoms with van der Waals surface area (Å²) in [5.74, 6) is 0.127. The van der Waals surface area contributed by atoms with Gasteiger partial charge in [0.05, 0.1) is 0 Å². The number of carbonyl (C=O) groups is 1. The van der Waals surface area contributed by atoms with Crippen molar-refractivity contribution in [3.8, 4) is 5.75 Å². The van der Waals surface area contributed by atoms with E-state index in [9.17, 15) is 13.6 Å². The standard InChI is InChI=1S/C14H18F2N2O2/c15-14(16)20-11-6-4-9(5-7-11)13(19)18-8-10-2-1-3-12(10)17/h4-7,10,12,14H,1-3,8,17H2,(H,18,19). The first-order valence-electron chi connectivity index (χ1n) is 6.65. The number of nitrogens with two attached hydrogens (primary N) is 1. The van der Waals surface area contributed by atoms with Crippen molar-refractivity contribution in [2.45, 2.75) is 31.9 Å². The minimum atomic E-state index is -2.86. The van der Waals surface area contributed by atoms with Gasteiger partial charge in [0.1, 0.15) is 5.75 Å². The molecule has 0 radical (unpaired) electrons. The molecule has 0 aromatic heterocycles. The van der Waals surface area contributed by atoms with Gasteiger partial charge in [-0.3, -0.25) is 4.79 Å². The summed E-state index contributed by atoms with van der Waals surface area (Å²) in [5, 5.41) is 2.82. The zero-order valence-electron chi connectivity index (χ0n) is 11.0. The number of nitrogens with one attached hydrogen (secondary N) is 1. The van der Waals surface area contributed by atoms with Crippen molar-refractivity contribution in [1.82, 2.24) is 5.32 Å². The van der Waals surface area contributed by atoms with Crippen molar-refractivity contribution in [3.05, 3.63) is 29.8 Å². The summed E-state index contributed by atoms with van der Waals surface area (Å²) in [6.45, 7) is -2.31. The van der Waals surface area contributed by atoms with Crippen LogP contribution in [0.2, 0.25) is 0 Å². The second kappa shape index (κ2) is 6.65. The predicted molar refractivity (Wildman–Crippen MR) is 70.7 cm³/mol. The summed E-state index contributed by atoms with van der Waals surface area (Å²) in [7, 11) is 0. The summed E-state index contributed by atoms with van der Waals surface area (Å²) in [4.78, 5) is 11.9. The monoisotopic (exact) mass is 284 g/mol. The van der Waals surface area contributed by atoms with Crippen LogP contribution in [0.15, 0.2) is 24.3 Å². The van der Waals surface area contributed by atoms with Crippen molar-refractivity contribution < 1.29 is 18.3 Å². The Kier molecular flexibility index (Phi) is 4.89. The Hall–Kier alpha value is -1.69. The van der Waals surface area contributed by atoms with Gasteiger partial charge < -0.3 is 15.8 Å². The second-order valence-electron chi connectivity index (χ2n) is 4.97. The zero-order chi connectivity index (χ0) is 14.5. The highest BCUT2D eigenvalue weighted by Crippen LogP contribution is 2.23. The lowest BCUT2D eigenvalue weighted by Crippen LogP contribution is -2.35. The maximum Gasteiger partial charge on any atom is 0.387 e. The van der Waals surface area contributed by atoms with Crippen LogP contribution in [-0.4, -0.2) is 25.1 Å². The highest BCUT2D eigenvalue weighted by Gasteiger charge is 2.24. The van der Waals surface area contributed by atoms with Crippen LogP contribution >= 0.6 is 0 Å². The molecule has 0 spiro atoms. The number of halogens is 2. The first-order valence-corrected chi connectivity index (χ1v) is 6.65. The molecule has 1 amide bonds. The summed E-state index contributed by atoms with van der Waals surface area (Å²) < 4.78 is 28.2. The molecule has 1 aliphatic rings. The van der Waals surface area contributed by atoms with Gasteiger partial charge >= 0.3 is 6.61 Å². The topological polar surface area (TPSA) is 64.3 Å². The molecule has 2 unspecified atom stereocenters. The van der Waals surface area contributed by atoms with E-state index >= 15 is 0 Å². The lowest BCUT2D eigenvalue weighted by molar-refractivity contribution is -0.0498. The maximum absolute atomic E-state index is 12.0. The van der Waals surface area contributed by atoms with E-state index in [2.05, 4.69) is 10.1 Å². The van der Waals surface area contributed by atoms with Crippen molar-refractivity contribution in [2.24, 2.45) is 11.7 Å². The van der Waals surface area contributed by atoms with Gasteiger partial charge in [0.2, 0.25) is 0 Å². The van der Waals surface area contributed by atoms with Crippen molar-refractivity contribution in [2.75, 3.05) is 6.54 Å². The van der Waals surface area contributed by atoms with Crippen LogP contribution in [0, 0.1) is 5.92 Å². The first-order chi connectivity index (χ1) is 9.56. The fourth-order valence-electron chi connectivity index (χ4n) is 2.43. The minimum absolute atomic E-state index is 0.0364. The van der Waals surface area contributed by atoms with Gasteiger partial charge in [0.25, 0.3) is 5.91 Å². The van der Waals surface area contributed by atoms with E-state index in [0.29, 0.717) is 18.0 Å². The van der Waals surface area contributed by atoms with Crippen LogP contribution in [0.25, 0.3) is 0 Å². The number of alkyl halides is 2. The SMILES string of the molecule is NC1CCCC1CNC(=O)c1ccc(OC(F)F)cc1. The summed E-state index contributed by atoms with van der Waals surface area (Å²) in [6, 6.07) is 5.77. The fourth-order valence-corrected chi connectivity index (χ4v) is 2.43. The molecule has 0 saturated heterocycles. The summed E-state index contributed by atoms with van der Waals surface area (Å²) >= 11 is 0. The number of ether oxygens (including phenoxy) is 1. The van der Waals surface area contributed by atoms with Gasteiger partial charge in [-0.05, 0) is 43.0 Å². The molecular formula is C14H18F2N2O2. The first kappa shape index (κ1) is 14.7. The molecule has 0 heterocycles. The van der Waals surface area contributed by atoms with Crippen molar-refractivity contribution in [3.63, 3.8) is 0 Å². The van der Waals surface area contributed by atoms with Crippen LogP contribution in [0.1, 0.15) is 29.6 Å². The number of carbonyl (C=O) groups excluding carboxylic acids is 1. The third kappa shape index (κ3) is 3.90. The average molecular weight is 284 g/mol. The number of rotatable bonds is 5. The van der Waals surface area contributed by atoms with Gasteiger partial charge in [-0.2, -0.15) is 8.78 Å².